The molecule has 0 radical (unpaired) electrons. The lowest BCUT2D eigenvalue weighted by molar-refractivity contribution is -0.139. The van der Waals surface area contributed by atoms with E-state index in [1.165, 1.54) is 5.56 Å². The minimum Gasteiger partial charge on any atom is -0.480 e. The number of rotatable bonds is 6. The maximum Gasteiger partial charge on any atom is 0.408 e. The Morgan fingerprint density at radius 1 is 1.18 bits per heavy atom. The molecule has 0 aliphatic carbocycles. The largest absolute Gasteiger partial charge is 0.480 e. The van der Waals surface area contributed by atoms with Crippen LogP contribution in [0.25, 0.3) is 0 Å². The fraction of sp³-hybridized carbons (Fsp3) is 0.529. The average Bonchev–Trinajstić information content (AvgIpc) is 2.38. The molecule has 0 bridgehead atoms. The quantitative estimate of drug-likeness (QED) is 0.846. The van der Waals surface area contributed by atoms with Gasteiger partial charge in [-0.05, 0) is 38.3 Å². The SMILES string of the molecule is CCCc1ccc(CC(NC(=O)OC(C)(C)C)C(=O)O)cc1. The van der Waals surface area contributed by atoms with Crippen LogP contribution in [-0.2, 0) is 22.4 Å². The van der Waals surface area contributed by atoms with Crippen molar-refractivity contribution in [1.29, 1.82) is 0 Å². The maximum atomic E-state index is 11.7. The number of carbonyl (C=O) groups is 2. The molecule has 0 heterocycles. The normalized spacial score (nSPS) is 12.5. The number of nitrogens with one attached hydrogen (secondary N) is 1. The van der Waals surface area contributed by atoms with Crippen molar-refractivity contribution in [3.63, 3.8) is 0 Å². The van der Waals surface area contributed by atoms with Crippen molar-refractivity contribution in [3.8, 4) is 0 Å². The molecule has 1 aromatic rings. The number of benzene rings is 1. The third kappa shape index (κ3) is 6.61. The van der Waals surface area contributed by atoms with Gasteiger partial charge < -0.3 is 15.2 Å². The molecule has 0 saturated carbocycles. The van der Waals surface area contributed by atoms with Crippen LogP contribution >= 0.6 is 0 Å². The summed E-state index contributed by atoms with van der Waals surface area (Å²) in [6.07, 6.45) is 1.57. The first-order valence-corrected chi connectivity index (χ1v) is 7.51. The smallest absolute Gasteiger partial charge is 0.408 e. The third-order valence-corrected chi connectivity index (χ3v) is 2.99. The Labute approximate surface area is 131 Å². The van der Waals surface area contributed by atoms with Gasteiger partial charge in [-0.15, -0.1) is 0 Å². The Hall–Kier alpha value is -2.04. The molecule has 1 amide bonds. The number of carboxylic acids is 1. The van der Waals surface area contributed by atoms with Gasteiger partial charge in [0.2, 0.25) is 0 Å². The molecule has 1 atom stereocenters. The van der Waals surface area contributed by atoms with Crippen molar-refractivity contribution >= 4 is 12.1 Å². The summed E-state index contributed by atoms with van der Waals surface area (Å²) < 4.78 is 5.09. The van der Waals surface area contributed by atoms with Crippen molar-refractivity contribution in [2.24, 2.45) is 0 Å². The van der Waals surface area contributed by atoms with E-state index >= 15 is 0 Å². The van der Waals surface area contributed by atoms with Crippen LogP contribution in [0.4, 0.5) is 4.79 Å². The van der Waals surface area contributed by atoms with Crippen molar-refractivity contribution in [2.45, 2.75) is 58.6 Å². The van der Waals surface area contributed by atoms with Crippen molar-refractivity contribution in [1.82, 2.24) is 5.32 Å². The van der Waals surface area contributed by atoms with Gasteiger partial charge >= 0.3 is 12.1 Å². The highest BCUT2D eigenvalue weighted by molar-refractivity contribution is 5.80. The topological polar surface area (TPSA) is 75.6 Å². The first-order chi connectivity index (χ1) is 10.2. The summed E-state index contributed by atoms with van der Waals surface area (Å²) in [4.78, 5) is 23.0. The number of carboxylic acid groups (broad SMARTS) is 1. The number of aliphatic carboxylic acids is 1. The van der Waals surface area contributed by atoms with Crippen LogP contribution in [0.2, 0.25) is 0 Å². The molecule has 1 unspecified atom stereocenters. The molecule has 5 nitrogen and oxygen atoms in total. The van der Waals surface area contributed by atoms with Gasteiger partial charge in [0, 0.05) is 6.42 Å². The van der Waals surface area contributed by atoms with Crippen LogP contribution in [-0.4, -0.2) is 28.8 Å². The molecule has 0 saturated heterocycles. The van der Waals surface area contributed by atoms with Gasteiger partial charge in [-0.2, -0.15) is 0 Å². The summed E-state index contributed by atoms with van der Waals surface area (Å²) in [5.74, 6) is -1.08. The number of ether oxygens (including phenoxy) is 1. The molecule has 122 valence electrons. The summed E-state index contributed by atoms with van der Waals surface area (Å²) >= 11 is 0. The van der Waals surface area contributed by atoms with Gasteiger partial charge in [-0.25, -0.2) is 9.59 Å². The second-order valence-corrected chi connectivity index (χ2v) is 6.31. The second-order valence-electron chi connectivity index (χ2n) is 6.31. The predicted octanol–water partition coefficient (Wildman–Crippen LogP) is 3.16. The minimum absolute atomic E-state index is 0.223. The third-order valence-electron chi connectivity index (χ3n) is 2.99. The summed E-state index contributed by atoms with van der Waals surface area (Å²) in [6, 6.07) is 6.78. The highest BCUT2D eigenvalue weighted by Gasteiger charge is 2.24. The Morgan fingerprint density at radius 3 is 2.18 bits per heavy atom. The van der Waals surface area contributed by atoms with Crippen LogP contribution in [0.3, 0.4) is 0 Å². The van der Waals surface area contributed by atoms with E-state index in [1.54, 1.807) is 20.8 Å². The van der Waals surface area contributed by atoms with E-state index < -0.39 is 23.7 Å². The standard InChI is InChI=1S/C17H25NO4/c1-5-6-12-7-9-13(10-8-12)11-14(15(19)20)18-16(21)22-17(2,3)4/h7-10,14H,5-6,11H2,1-4H3,(H,18,21)(H,19,20). The van der Waals surface area contributed by atoms with Gasteiger partial charge in [0.25, 0.3) is 0 Å². The highest BCUT2D eigenvalue weighted by atomic mass is 16.6. The summed E-state index contributed by atoms with van der Waals surface area (Å²) in [6.45, 7) is 7.30. The van der Waals surface area contributed by atoms with Crippen LogP contribution in [0.1, 0.15) is 45.2 Å². The van der Waals surface area contributed by atoms with Gasteiger partial charge in [0.1, 0.15) is 11.6 Å². The number of alkyl carbamates (subject to hydrolysis) is 1. The van der Waals surface area contributed by atoms with E-state index in [1.807, 2.05) is 24.3 Å². The van der Waals surface area contributed by atoms with Gasteiger partial charge in [0.05, 0.1) is 0 Å². The fourth-order valence-corrected chi connectivity index (χ4v) is 2.02. The molecule has 2 N–H and O–H groups in total. The van der Waals surface area contributed by atoms with Gasteiger partial charge in [-0.3, -0.25) is 0 Å². The highest BCUT2D eigenvalue weighted by Crippen LogP contribution is 2.11. The van der Waals surface area contributed by atoms with E-state index in [4.69, 9.17) is 4.74 Å². The van der Waals surface area contributed by atoms with Crippen LogP contribution < -0.4 is 5.32 Å². The zero-order valence-corrected chi connectivity index (χ0v) is 13.7. The molecular formula is C17H25NO4. The average molecular weight is 307 g/mol. The van der Waals surface area contributed by atoms with Crippen LogP contribution in [0, 0.1) is 0 Å². The summed E-state index contributed by atoms with van der Waals surface area (Å²) in [5, 5.41) is 11.7. The molecule has 1 aromatic carbocycles. The van der Waals surface area contributed by atoms with Gasteiger partial charge in [0.15, 0.2) is 0 Å². The first-order valence-electron chi connectivity index (χ1n) is 7.51. The van der Waals surface area contributed by atoms with E-state index in [2.05, 4.69) is 12.2 Å². The van der Waals surface area contributed by atoms with Crippen molar-refractivity contribution in [3.05, 3.63) is 35.4 Å². The molecule has 0 spiro atoms. The predicted molar refractivity (Wildman–Crippen MR) is 84.9 cm³/mol. The zero-order valence-electron chi connectivity index (χ0n) is 13.7. The molecule has 0 aromatic heterocycles. The number of carbonyl (C=O) groups excluding carboxylic acids is 1. The Balaban J connectivity index is 2.68. The number of aryl methyl sites for hydroxylation is 1. The minimum atomic E-state index is -1.08. The maximum absolute atomic E-state index is 11.7. The summed E-state index contributed by atoms with van der Waals surface area (Å²) in [7, 11) is 0. The monoisotopic (exact) mass is 307 g/mol. The molecule has 0 aliphatic heterocycles. The van der Waals surface area contributed by atoms with E-state index in [0.717, 1.165) is 18.4 Å². The fourth-order valence-electron chi connectivity index (χ4n) is 2.02. The van der Waals surface area contributed by atoms with Crippen LogP contribution in [0.5, 0.6) is 0 Å². The van der Waals surface area contributed by atoms with E-state index in [0.29, 0.717) is 0 Å². The Bertz CT molecular complexity index is 502. The molecule has 1 rings (SSSR count). The number of hydrogen-bond acceptors (Lipinski definition) is 3. The molecule has 0 fully saturated rings. The van der Waals surface area contributed by atoms with Gasteiger partial charge in [-0.1, -0.05) is 37.6 Å². The lowest BCUT2D eigenvalue weighted by atomic mass is 10.0. The van der Waals surface area contributed by atoms with Crippen molar-refractivity contribution < 1.29 is 19.4 Å². The zero-order chi connectivity index (χ0) is 16.8. The van der Waals surface area contributed by atoms with E-state index in [9.17, 15) is 14.7 Å². The lowest BCUT2D eigenvalue weighted by Gasteiger charge is -2.22. The lowest BCUT2D eigenvalue weighted by Crippen LogP contribution is -2.44. The first kappa shape index (κ1) is 18.0. The van der Waals surface area contributed by atoms with Crippen molar-refractivity contribution in [2.75, 3.05) is 0 Å². The molecular weight excluding hydrogens is 282 g/mol. The second kappa shape index (κ2) is 7.82. The summed E-state index contributed by atoms with van der Waals surface area (Å²) in [5.41, 5.74) is 1.43. The molecule has 0 aliphatic rings. The number of amides is 1. The Kier molecular flexibility index (Phi) is 6.40. The number of hydrogen-bond donors (Lipinski definition) is 2. The van der Waals surface area contributed by atoms with E-state index in [-0.39, 0.29) is 6.42 Å². The van der Waals surface area contributed by atoms with Crippen LogP contribution in [0.15, 0.2) is 24.3 Å². The molecule has 5 heteroatoms. The Morgan fingerprint density at radius 2 is 1.73 bits per heavy atom. The molecule has 22 heavy (non-hydrogen) atoms.